The van der Waals surface area contributed by atoms with E-state index in [0.717, 1.165) is 17.5 Å². The SMILES string of the molecule is CC(C)(C)OC(=O)N[C@@H]1C[C@@H](c2nncs2)CC[C@@H]1NC(=O)OCC[Si](C)(C)C. The molecule has 0 spiro atoms. The van der Waals surface area contributed by atoms with E-state index < -0.39 is 25.9 Å². The standard InChI is InChI=1S/C19H34N4O4SSi/c1-19(2,3)27-18(25)22-15-11-13(16-23-20-12-28-16)7-8-14(15)21-17(24)26-9-10-29(4,5)6/h12-15H,7-11H2,1-6H3,(H,21,24)(H,22,25)/t13-,14-,15+/m0/s1. The van der Waals surface area contributed by atoms with Crippen molar-refractivity contribution >= 4 is 31.6 Å². The quantitative estimate of drug-likeness (QED) is 0.642. The number of amides is 2. The van der Waals surface area contributed by atoms with Crippen LogP contribution >= 0.6 is 11.3 Å². The third kappa shape index (κ3) is 8.69. The zero-order valence-corrected chi connectivity index (χ0v) is 20.1. The molecule has 0 aromatic carbocycles. The molecule has 1 heterocycles. The maximum absolute atomic E-state index is 12.3. The van der Waals surface area contributed by atoms with Gasteiger partial charge in [-0.3, -0.25) is 0 Å². The molecule has 0 radical (unpaired) electrons. The van der Waals surface area contributed by atoms with Crippen molar-refractivity contribution in [3.05, 3.63) is 10.5 Å². The van der Waals surface area contributed by atoms with E-state index in [-0.39, 0.29) is 18.0 Å². The zero-order chi connectivity index (χ0) is 21.7. The molecule has 0 aliphatic heterocycles. The van der Waals surface area contributed by atoms with Crippen molar-refractivity contribution in [1.82, 2.24) is 20.8 Å². The Hall–Kier alpha value is -1.68. The van der Waals surface area contributed by atoms with Crippen LogP contribution in [0.15, 0.2) is 5.51 Å². The van der Waals surface area contributed by atoms with Gasteiger partial charge >= 0.3 is 12.2 Å². The average molecular weight is 443 g/mol. The summed E-state index contributed by atoms with van der Waals surface area (Å²) in [6.45, 7) is 12.6. The first-order valence-electron chi connectivity index (χ1n) is 10.1. The van der Waals surface area contributed by atoms with E-state index in [0.29, 0.717) is 19.4 Å². The molecule has 1 aliphatic carbocycles. The van der Waals surface area contributed by atoms with Crippen LogP contribution in [0.4, 0.5) is 9.59 Å². The summed E-state index contributed by atoms with van der Waals surface area (Å²) in [6.07, 6.45) is 1.32. The molecule has 1 aliphatic rings. The molecule has 1 saturated carbocycles. The molecule has 2 amide bonds. The minimum Gasteiger partial charge on any atom is -0.450 e. The van der Waals surface area contributed by atoms with Crippen molar-refractivity contribution in [1.29, 1.82) is 0 Å². The van der Waals surface area contributed by atoms with Gasteiger partial charge in [-0.1, -0.05) is 19.6 Å². The smallest absolute Gasteiger partial charge is 0.407 e. The van der Waals surface area contributed by atoms with Gasteiger partial charge in [0.2, 0.25) is 0 Å². The molecular formula is C19H34N4O4SSi. The lowest BCUT2D eigenvalue weighted by atomic mass is 9.82. The first kappa shape index (κ1) is 23.6. The Bertz CT molecular complexity index is 673. The van der Waals surface area contributed by atoms with Crippen molar-refractivity contribution in [2.24, 2.45) is 0 Å². The molecule has 1 fully saturated rings. The van der Waals surface area contributed by atoms with E-state index in [9.17, 15) is 9.59 Å². The van der Waals surface area contributed by atoms with Crippen LogP contribution < -0.4 is 10.6 Å². The lowest BCUT2D eigenvalue weighted by molar-refractivity contribution is 0.0471. The second kappa shape index (κ2) is 9.88. The predicted octanol–water partition coefficient (Wildman–Crippen LogP) is 4.13. The van der Waals surface area contributed by atoms with E-state index in [1.165, 1.54) is 11.3 Å². The molecule has 29 heavy (non-hydrogen) atoms. The highest BCUT2D eigenvalue weighted by Gasteiger charge is 2.35. The molecule has 0 unspecified atom stereocenters. The van der Waals surface area contributed by atoms with Gasteiger partial charge in [-0.2, -0.15) is 0 Å². The van der Waals surface area contributed by atoms with E-state index >= 15 is 0 Å². The van der Waals surface area contributed by atoms with Gasteiger partial charge in [0.25, 0.3) is 0 Å². The maximum atomic E-state index is 12.3. The minimum atomic E-state index is -1.26. The molecule has 164 valence electrons. The van der Waals surface area contributed by atoms with Crippen LogP contribution in [-0.2, 0) is 9.47 Å². The number of hydrogen-bond acceptors (Lipinski definition) is 7. The number of rotatable bonds is 6. The van der Waals surface area contributed by atoms with Crippen LogP contribution in [0.1, 0.15) is 51.0 Å². The Morgan fingerprint density at radius 2 is 1.86 bits per heavy atom. The van der Waals surface area contributed by atoms with Gasteiger partial charge in [-0.25, -0.2) is 9.59 Å². The highest BCUT2D eigenvalue weighted by molar-refractivity contribution is 7.09. The van der Waals surface area contributed by atoms with Crippen molar-refractivity contribution in [3.8, 4) is 0 Å². The summed E-state index contributed by atoms with van der Waals surface area (Å²) in [6, 6.07) is 0.437. The third-order valence-corrected chi connectivity index (χ3v) is 7.23. The average Bonchev–Trinajstić information content (AvgIpc) is 3.08. The fourth-order valence-corrected chi connectivity index (χ4v) is 4.61. The second-order valence-electron chi connectivity index (χ2n) is 9.74. The molecule has 0 saturated heterocycles. The minimum absolute atomic E-state index is 0.198. The van der Waals surface area contributed by atoms with Crippen LogP contribution in [0.25, 0.3) is 0 Å². The Morgan fingerprint density at radius 1 is 1.17 bits per heavy atom. The number of nitrogens with one attached hydrogen (secondary N) is 2. The van der Waals surface area contributed by atoms with Gasteiger partial charge < -0.3 is 20.1 Å². The summed E-state index contributed by atoms with van der Waals surface area (Å²) in [5.41, 5.74) is 1.13. The number of carbonyl (C=O) groups is 2. The summed E-state index contributed by atoms with van der Waals surface area (Å²) in [7, 11) is -1.26. The molecular weight excluding hydrogens is 408 g/mol. The first-order chi connectivity index (χ1) is 13.4. The maximum Gasteiger partial charge on any atom is 0.407 e. The monoisotopic (exact) mass is 442 g/mol. The fraction of sp³-hybridized carbons (Fsp3) is 0.789. The van der Waals surface area contributed by atoms with Crippen molar-refractivity contribution in [2.45, 2.75) is 89.3 Å². The van der Waals surface area contributed by atoms with Crippen molar-refractivity contribution < 1.29 is 19.1 Å². The van der Waals surface area contributed by atoms with Crippen LogP contribution in [-0.4, -0.2) is 54.7 Å². The van der Waals surface area contributed by atoms with Gasteiger partial charge in [-0.05, 0) is 46.1 Å². The molecule has 1 aromatic heterocycles. The van der Waals surface area contributed by atoms with Crippen molar-refractivity contribution in [2.75, 3.05) is 6.61 Å². The first-order valence-corrected chi connectivity index (χ1v) is 14.7. The van der Waals surface area contributed by atoms with Gasteiger partial charge in [0.05, 0.1) is 18.7 Å². The van der Waals surface area contributed by atoms with Gasteiger partial charge in [0.1, 0.15) is 16.1 Å². The highest BCUT2D eigenvalue weighted by atomic mass is 32.1. The van der Waals surface area contributed by atoms with E-state index in [4.69, 9.17) is 9.47 Å². The third-order valence-electron chi connectivity index (χ3n) is 4.67. The van der Waals surface area contributed by atoms with Gasteiger partial charge in [-0.15, -0.1) is 21.5 Å². The number of nitrogens with zero attached hydrogens (tertiary/aromatic N) is 2. The number of alkyl carbamates (subject to hydrolysis) is 2. The van der Waals surface area contributed by atoms with E-state index in [1.807, 2.05) is 20.8 Å². The molecule has 8 nitrogen and oxygen atoms in total. The van der Waals surface area contributed by atoms with Gasteiger partial charge in [0, 0.05) is 14.0 Å². The number of aromatic nitrogens is 2. The van der Waals surface area contributed by atoms with Crippen LogP contribution in [0, 0.1) is 0 Å². The number of carbonyl (C=O) groups excluding carboxylic acids is 2. The molecule has 3 atom stereocenters. The van der Waals surface area contributed by atoms with Gasteiger partial charge in [0.15, 0.2) is 0 Å². The molecule has 2 rings (SSSR count). The molecule has 0 bridgehead atoms. The molecule has 2 N–H and O–H groups in total. The Kier molecular flexibility index (Phi) is 8.04. The van der Waals surface area contributed by atoms with Crippen molar-refractivity contribution in [3.63, 3.8) is 0 Å². The zero-order valence-electron chi connectivity index (χ0n) is 18.3. The highest BCUT2D eigenvalue weighted by Crippen LogP contribution is 2.34. The lowest BCUT2D eigenvalue weighted by Gasteiger charge is -2.36. The number of hydrogen-bond donors (Lipinski definition) is 2. The fourth-order valence-electron chi connectivity index (χ4n) is 3.19. The molecule has 1 aromatic rings. The second-order valence-corrected chi connectivity index (χ2v) is 16.2. The summed E-state index contributed by atoms with van der Waals surface area (Å²) >= 11 is 1.51. The topological polar surface area (TPSA) is 102 Å². The lowest BCUT2D eigenvalue weighted by Crippen LogP contribution is -2.55. The Labute approximate surface area is 178 Å². The Balaban J connectivity index is 1.98. The Morgan fingerprint density at radius 3 is 2.45 bits per heavy atom. The van der Waals surface area contributed by atoms with E-state index in [1.54, 1.807) is 5.51 Å². The summed E-state index contributed by atoms with van der Waals surface area (Å²) in [5.74, 6) is 0.198. The molecule has 10 heteroatoms. The van der Waals surface area contributed by atoms with Crippen LogP contribution in [0.3, 0.4) is 0 Å². The summed E-state index contributed by atoms with van der Waals surface area (Å²) < 4.78 is 10.8. The van der Waals surface area contributed by atoms with Crippen LogP contribution in [0.2, 0.25) is 25.7 Å². The van der Waals surface area contributed by atoms with E-state index in [2.05, 4.69) is 40.5 Å². The summed E-state index contributed by atoms with van der Waals surface area (Å²) in [5, 5.41) is 14.9. The normalized spacial score (nSPS) is 22.6. The summed E-state index contributed by atoms with van der Waals surface area (Å²) in [4.78, 5) is 24.6. The predicted molar refractivity (Wildman–Crippen MR) is 116 cm³/mol. The number of ether oxygens (including phenoxy) is 2. The largest absolute Gasteiger partial charge is 0.450 e. The van der Waals surface area contributed by atoms with Crippen LogP contribution in [0.5, 0.6) is 0 Å².